The maximum atomic E-state index is 12.5. The van der Waals surface area contributed by atoms with Crippen molar-refractivity contribution in [1.29, 1.82) is 0 Å². The van der Waals surface area contributed by atoms with Gasteiger partial charge < -0.3 is 4.74 Å². The van der Waals surface area contributed by atoms with E-state index in [0.29, 0.717) is 6.61 Å². The van der Waals surface area contributed by atoms with Crippen molar-refractivity contribution < 1.29 is 17.9 Å². The van der Waals surface area contributed by atoms with E-state index >= 15 is 0 Å². The van der Waals surface area contributed by atoms with E-state index in [2.05, 4.69) is 0 Å². The van der Waals surface area contributed by atoms with Crippen LogP contribution in [0.25, 0.3) is 0 Å². The van der Waals surface area contributed by atoms with Crippen molar-refractivity contribution in [2.75, 3.05) is 13.7 Å². The van der Waals surface area contributed by atoms with Crippen LogP contribution < -0.4 is 0 Å². The van der Waals surface area contributed by atoms with E-state index in [4.69, 9.17) is 4.74 Å². The quantitative estimate of drug-likeness (QED) is 0.667. The fraction of sp³-hybridized carbons (Fsp3) is 1.00. The summed E-state index contributed by atoms with van der Waals surface area (Å²) >= 11 is 0. The molecule has 15 heavy (non-hydrogen) atoms. The lowest BCUT2D eigenvalue weighted by atomic mass is 9.85. The third kappa shape index (κ3) is 5.40. The lowest BCUT2D eigenvalue weighted by Gasteiger charge is -2.26. The highest BCUT2D eigenvalue weighted by atomic mass is 19.4. The Morgan fingerprint density at radius 1 is 1.20 bits per heavy atom. The summed E-state index contributed by atoms with van der Waals surface area (Å²) in [5, 5.41) is 0. The van der Waals surface area contributed by atoms with Gasteiger partial charge in [0.2, 0.25) is 0 Å². The number of alkyl halides is 3. The van der Waals surface area contributed by atoms with Crippen LogP contribution in [0.1, 0.15) is 33.6 Å². The first-order valence-corrected chi connectivity index (χ1v) is 5.38. The van der Waals surface area contributed by atoms with Crippen LogP contribution in [-0.4, -0.2) is 19.9 Å². The Morgan fingerprint density at radius 3 is 2.00 bits per heavy atom. The minimum Gasteiger partial charge on any atom is -0.384 e. The lowest BCUT2D eigenvalue weighted by molar-refractivity contribution is -0.181. The van der Waals surface area contributed by atoms with Crippen LogP contribution in [0.5, 0.6) is 0 Å². The molecule has 0 saturated carbocycles. The fourth-order valence-corrected chi connectivity index (χ4v) is 1.64. The topological polar surface area (TPSA) is 9.23 Å². The lowest BCUT2D eigenvalue weighted by Crippen LogP contribution is -2.28. The van der Waals surface area contributed by atoms with E-state index in [9.17, 15) is 13.2 Å². The van der Waals surface area contributed by atoms with Gasteiger partial charge in [-0.05, 0) is 24.7 Å². The van der Waals surface area contributed by atoms with Crippen LogP contribution in [0.15, 0.2) is 0 Å². The smallest absolute Gasteiger partial charge is 0.384 e. The molecule has 0 saturated heterocycles. The van der Waals surface area contributed by atoms with Gasteiger partial charge in [-0.2, -0.15) is 13.2 Å². The van der Waals surface area contributed by atoms with Gasteiger partial charge in [-0.15, -0.1) is 0 Å². The van der Waals surface area contributed by atoms with Crippen molar-refractivity contribution >= 4 is 0 Å². The fourth-order valence-electron chi connectivity index (χ4n) is 1.64. The minimum atomic E-state index is -4.07. The van der Waals surface area contributed by atoms with Crippen LogP contribution in [0.4, 0.5) is 13.2 Å². The molecular weight excluding hydrogens is 205 g/mol. The van der Waals surface area contributed by atoms with Crippen LogP contribution in [0, 0.1) is 17.8 Å². The van der Waals surface area contributed by atoms with Crippen molar-refractivity contribution in [3.8, 4) is 0 Å². The molecule has 0 aromatic rings. The average Bonchev–Trinajstić information content (AvgIpc) is 2.09. The molecule has 2 atom stereocenters. The molecule has 4 heteroatoms. The molecule has 0 bridgehead atoms. The second-order valence-corrected chi connectivity index (χ2v) is 4.34. The third-order valence-corrected chi connectivity index (χ3v) is 2.87. The van der Waals surface area contributed by atoms with Gasteiger partial charge in [0.25, 0.3) is 0 Å². The Morgan fingerprint density at radius 2 is 1.73 bits per heavy atom. The van der Waals surface area contributed by atoms with Crippen molar-refractivity contribution in [3.05, 3.63) is 0 Å². The summed E-state index contributed by atoms with van der Waals surface area (Å²) in [7, 11) is 1.53. The van der Waals surface area contributed by atoms with Crippen LogP contribution in [0.3, 0.4) is 0 Å². The second kappa shape index (κ2) is 6.36. The van der Waals surface area contributed by atoms with Gasteiger partial charge in [-0.25, -0.2) is 0 Å². The monoisotopic (exact) mass is 226 g/mol. The molecule has 0 fully saturated rings. The van der Waals surface area contributed by atoms with Crippen LogP contribution in [0.2, 0.25) is 0 Å². The van der Waals surface area contributed by atoms with Crippen molar-refractivity contribution in [2.45, 2.75) is 39.8 Å². The zero-order valence-electron chi connectivity index (χ0n) is 9.90. The molecule has 0 radical (unpaired) electrons. The molecule has 0 amide bonds. The van der Waals surface area contributed by atoms with E-state index in [1.54, 1.807) is 6.92 Å². The van der Waals surface area contributed by atoms with E-state index in [0.717, 1.165) is 0 Å². The Labute approximate surface area is 90.0 Å². The predicted octanol–water partition coefficient (Wildman–Crippen LogP) is 3.88. The minimum absolute atomic E-state index is 0.0124. The maximum absolute atomic E-state index is 12.5. The van der Waals surface area contributed by atoms with Gasteiger partial charge >= 0.3 is 6.18 Å². The molecular formula is C11H21F3O. The zero-order chi connectivity index (χ0) is 12.1. The van der Waals surface area contributed by atoms with Gasteiger partial charge in [0, 0.05) is 13.7 Å². The molecule has 0 aliphatic carbocycles. The molecule has 0 rings (SSSR count). The molecule has 0 aliphatic heterocycles. The maximum Gasteiger partial charge on any atom is 0.391 e. The predicted molar refractivity (Wildman–Crippen MR) is 54.7 cm³/mol. The molecule has 0 unspecified atom stereocenters. The number of hydrogen-bond donors (Lipinski definition) is 0. The largest absolute Gasteiger partial charge is 0.391 e. The van der Waals surface area contributed by atoms with Gasteiger partial charge in [0.15, 0.2) is 0 Å². The first kappa shape index (κ1) is 14.8. The van der Waals surface area contributed by atoms with Crippen molar-refractivity contribution in [1.82, 2.24) is 0 Å². The summed E-state index contributed by atoms with van der Waals surface area (Å²) in [6.07, 6.45) is -3.75. The number of methoxy groups -OCH3 is 1. The SMILES string of the molecule is CC[C@@H](C[C@@H](COC)C(C)C)C(F)(F)F. The molecule has 0 N–H and O–H groups in total. The molecule has 0 aliphatic rings. The highest BCUT2D eigenvalue weighted by Gasteiger charge is 2.39. The van der Waals surface area contributed by atoms with E-state index < -0.39 is 12.1 Å². The average molecular weight is 226 g/mol. The van der Waals surface area contributed by atoms with Crippen LogP contribution >= 0.6 is 0 Å². The number of ether oxygens (including phenoxy) is 1. The van der Waals surface area contributed by atoms with Gasteiger partial charge in [-0.1, -0.05) is 20.8 Å². The molecule has 92 valence electrons. The van der Waals surface area contributed by atoms with Gasteiger partial charge in [-0.3, -0.25) is 0 Å². The Kier molecular flexibility index (Phi) is 6.25. The summed E-state index contributed by atoms with van der Waals surface area (Å²) in [5.74, 6) is -0.983. The number of hydrogen-bond acceptors (Lipinski definition) is 1. The first-order valence-electron chi connectivity index (χ1n) is 5.38. The molecule has 0 heterocycles. The Bertz CT molecular complexity index is 166. The van der Waals surface area contributed by atoms with E-state index in [1.807, 2.05) is 13.8 Å². The second-order valence-electron chi connectivity index (χ2n) is 4.34. The summed E-state index contributed by atoms with van der Waals surface area (Å²) in [4.78, 5) is 0. The number of rotatable bonds is 6. The molecule has 0 aromatic carbocycles. The van der Waals surface area contributed by atoms with Crippen LogP contribution in [-0.2, 0) is 4.74 Å². The molecule has 0 spiro atoms. The normalized spacial score (nSPS) is 16.8. The Hall–Kier alpha value is -0.250. The number of halogens is 3. The van der Waals surface area contributed by atoms with E-state index in [-0.39, 0.29) is 24.7 Å². The standard InChI is InChI=1S/C11H21F3O/c1-5-10(11(12,13)14)6-9(7-15-4)8(2)3/h8-10H,5-7H2,1-4H3/t9-,10-/m0/s1. The zero-order valence-corrected chi connectivity index (χ0v) is 9.90. The van der Waals surface area contributed by atoms with Gasteiger partial charge in [0.1, 0.15) is 0 Å². The highest BCUT2D eigenvalue weighted by Crippen LogP contribution is 2.35. The first-order chi connectivity index (χ1) is 6.82. The summed E-state index contributed by atoms with van der Waals surface area (Å²) in [6, 6.07) is 0. The molecule has 1 nitrogen and oxygen atoms in total. The van der Waals surface area contributed by atoms with Crippen molar-refractivity contribution in [2.24, 2.45) is 17.8 Å². The third-order valence-electron chi connectivity index (χ3n) is 2.87. The highest BCUT2D eigenvalue weighted by molar-refractivity contribution is 4.73. The summed E-state index contributed by atoms with van der Waals surface area (Å²) < 4.78 is 42.6. The van der Waals surface area contributed by atoms with Crippen molar-refractivity contribution in [3.63, 3.8) is 0 Å². The summed E-state index contributed by atoms with van der Waals surface area (Å²) in [6.45, 7) is 5.87. The summed E-state index contributed by atoms with van der Waals surface area (Å²) in [5.41, 5.74) is 0. The van der Waals surface area contributed by atoms with E-state index in [1.165, 1.54) is 7.11 Å². The Balaban J connectivity index is 4.35. The molecule has 0 aromatic heterocycles. The van der Waals surface area contributed by atoms with Gasteiger partial charge in [0.05, 0.1) is 5.92 Å².